The highest BCUT2D eigenvalue weighted by molar-refractivity contribution is 5.95. The Morgan fingerprint density at radius 1 is 1.02 bits per heavy atom. The van der Waals surface area contributed by atoms with Crippen LogP contribution < -0.4 is 16.0 Å². The number of nitrogens with zero attached hydrogens (tertiary/aromatic N) is 3. The summed E-state index contributed by atoms with van der Waals surface area (Å²) in [6, 6.07) is 8.80. The van der Waals surface area contributed by atoms with Gasteiger partial charge in [-0.25, -0.2) is 9.48 Å². The van der Waals surface area contributed by atoms with Gasteiger partial charge in [-0.05, 0) is 80.0 Å². The van der Waals surface area contributed by atoms with Gasteiger partial charge in [0.25, 0.3) is 5.91 Å². The third-order valence-electron chi connectivity index (χ3n) is 11.6. The van der Waals surface area contributed by atoms with Crippen LogP contribution in [0.5, 0.6) is 5.75 Å². The van der Waals surface area contributed by atoms with Crippen LogP contribution in [-0.2, 0) is 36.9 Å². The van der Waals surface area contributed by atoms with Gasteiger partial charge < -0.3 is 51.0 Å². The van der Waals surface area contributed by atoms with E-state index < -0.39 is 72.9 Å². The second kappa shape index (κ2) is 19.9. The molecule has 60 heavy (non-hydrogen) atoms. The maximum absolute atomic E-state index is 13.5. The molecule has 17 heteroatoms. The number of benzene rings is 2. The summed E-state index contributed by atoms with van der Waals surface area (Å²) in [7, 11) is 0. The summed E-state index contributed by atoms with van der Waals surface area (Å²) in [4.78, 5) is 52.0. The number of phenols is 1. The fourth-order valence-electron chi connectivity index (χ4n) is 8.24. The summed E-state index contributed by atoms with van der Waals surface area (Å²) in [5.41, 5.74) is 1.30. The molecule has 1 unspecified atom stereocenters. The molecule has 1 aliphatic carbocycles. The van der Waals surface area contributed by atoms with Gasteiger partial charge in [-0.3, -0.25) is 14.4 Å². The number of phenolic OH excluding ortho intramolecular Hbond substituents is 1. The molecule has 3 aromatic rings. The molecule has 3 amide bonds. The van der Waals surface area contributed by atoms with Gasteiger partial charge in [0.1, 0.15) is 30.6 Å². The van der Waals surface area contributed by atoms with Crippen LogP contribution in [0.2, 0.25) is 0 Å². The lowest BCUT2D eigenvalue weighted by atomic mass is 9.81. The lowest BCUT2D eigenvalue weighted by molar-refractivity contribution is -0.226. The predicted octanol–water partition coefficient (Wildman–Crippen LogP) is 2.16. The number of rotatable bonds is 16. The molecular formula is C43H56N6O11. The third-order valence-corrected chi connectivity index (χ3v) is 11.6. The van der Waals surface area contributed by atoms with Crippen LogP contribution in [0.3, 0.4) is 0 Å². The Hall–Kier alpha value is -5.20. The maximum atomic E-state index is 13.5. The molecule has 3 fully saturated rings. The number of aliphatic hydroxyl groups is 3. The number of carbonyl (C=O) groups excluding carboxylic acids is 3. The number of carboxylic acids is 1. The summed E-state index contributed by atoms with van der Waals surface area (Å²) in [5, 5.41) is 71.6. The molecule has 1 aromatic heterocycles. The minimum absolute atomic E-state index is 0.0394. The highest BCUT2D eigenvalue weighted by Crippen LogP contribution is 2.36. The Kier molecular flexibility index (Phi) is 14.7. The number of hydrogen-bond acceptors (Lipinski definition) is 12. The van der Waals surface area contributed by atoms with Crippen molar-refractivity contribution in [2.75, 3.05) is 13.2 Å². The molecule has 0 radical (unpaired) electrons. The van der Waals surface area contributed by atoms with Crippen LogP contribution in [0.4, 0.5) is 0 Å². The summed E-state index contributed by atoms with van der Waals surface area (Å²) >= 11 is 0. The minimum atomic E-state index is -2.11. The van der Waals surface area contributed by atoms with Crippen molar-refractivity contribution in [2.24, 2.45) is 0 Å². The molecule has 2 aromatic carbocycles. The lowest BCUT2D eigenvalue weighted by Crippen LogP contribution is -2.67. The Labute approximate surface area is 348 Å². The Morgan fingerprint density at radius 3 is 2.47 bits per heavy atom. The first-order chi connectivity index (χ1) is 28.7. The zero-order valence-corrected chi connectivity index (χ0v) is 34.0. The molecule has 6 rings (SSSR count). The van der Waals surface area contributed by atoms with Crippen LogP contribution in [0.1, 0.15) is 102 Å². The smallest absolute Gasteiger partial charge is 0.336 e. The quantitative estimate of drug-likeness (QED) is 0.103. The van der Waals surface area contributed by atoms with E-state index in [4.69, 9.17) is 9.47 Å². The Bertz CT molecular complexity index is 2000. The van der Waals surface area contributed by atoms with E-state index in [-0.39, 0.29) is 42.6 Å². The first-order valence-corrected chi connectivity index (χ1v) is 20.6. The zero-order valence-electron chi connectivity index (χ0n) is 34.0. The van der Waals surface area contributed by atoms with E-state index in [0.717, 1.165) is 49.8 Å². The normalized spacial score (nSPS) is 24.5. The van der Waals surface area contributed by atoms with Crippen LogP contribution in [0.15, 0.2) is 48.7 Å². The highest BCUT2D eigenvalue weighted by atomic mass is 16.6. The monoisotopic (exact) mass is 832 g/mol. The highest BCUT2D eigenvalue weighted by Gasteiger charge is 2.54. The van der Waals surface area contributed by atoms with Gasteiger partial charge in [-0.1, -0.05) is 54.8 Å². The predicted molar refractivity (Wildman–Crippen MR) is 216 cm³/mol. The standard InChI is InChI=1S/C43H56N6O11/c1-25-17-30(18-26(2)37(25)53)40(55)45-22-33(51)38(54)39-36(46-35(52)24-49-23-31(47-48-49)29-12-4-3-5-13-29)32(50)20-43(60-39,42(57)58)15-7-11-27-9-6-10-28(19-27)21-44-41(56)34-14-8-16-59-34/h6-7,9-11,17-19,23,29,32-34,36,38-39,50-51,53-54H,3-5,8,12-16,20-22,24H2,1-2H3,(H,44,56)(H,45,55)(H,46,52)(H,57,58)/b11-7+/t32-,33+,34?,36+,38+,39+,43+/m0/s1. The summed E-state index contributed by atoms with van der Waals surface area (Å²) in [5.74, 6) is -2.58. The van der Waals surface area contributed by atoms with Gasteiger partial charge in [0.2, 0.25) is 11.8 Å². The second-order valence-electron chi connectivity index (χ2n) is 16.2. The van der Waals surface area contributed by atoms with Crippen molar-refractivity contribution in [1.82, 2.24) is 30.9 Å². The second-order valence-corrected chi connectivity index (χ2v) is 16.2. The molecule has 3 aliphatic rings. The summed E-state index contributed by atoms with van der Waals surface area (Å²) in [6.45, 7) is 3.27. The van der Waals surface area contributed by atoms with Crippen molar-refractivity contribution in [3.8, 4) is 5.75 Å². The van der Waals surface area contributed by atoms with Crippen molar-refractivity contribution < 1.29 is 54.2 Å². The van der Waals surface area contributed by atoms with Crippen LogP contribution in [-0.4, -0.2) is 120 Å². The third kappa shape index (κ3) is 10.9. The first kappa shape index (κ1) is 44.4. The number of aliphatic hydroxyl groups excluding tert-OH is 3. The van der Waals surface area contributed by atoms with E-state index in [2.05, 4.69) is 26.3 Å². The molecule has 7 atom stereocenters. The van der Waals surface area contributed by atoms with Crippen molar-refractivity contribution in [3.05, 3.63) is 82.2 Å². The Balaban J connectivity index is 1.17. The van der Waals surface area contributed by atoms with E-state index in [9.17, 15) is 44.7 Å². The molecule has 8 N–H and O–H groups in total. The van der Waals surface area contributed by atoms with Crippen molar-refractivity contribution in [2.45, 2.75) is 133 Å². The number of nitrogens with one attached hydrogen (secondary N) is 3. The zero-order chi connectivity index (χ0) is 43.0. The molecule has 324 valence electrons. The summed E-state index contributed by atoms with van der Waals surface area (Å²) < 4.78 is 13.0. The van der Waals surface area contributed by atoms with E-state index in [1.54, 1.807) is 44.3 Å². The number of ether oxygens (including phenoxy) is 2. The fourth-order valence-corrected chi connectivity index (χ4v) is 8.24. The van der Waals surface area contributed by atoms with E-state index >= 15 is 0 Å². The molecule has 3 heterocycles. The van der Waals surface area contributed by atoms with Crippen LogP contribution in [0.25, 0.3) is 6.08 Å². The van der Waals surface area contributed by atoms with Crippen molar-refractivity contribution >= 4 is 29.8 Å². The van der Waals surface area contributed by atoms with E-state index in [1.165, 1.54) is 16.8 Å². The molecular weight excluding hydrogens is 777 g/mol. The van der Waals surface area contributed by atoms with Gasteiger partial charge in [-0.15, -0.1) is 5.10 Å². The Morgan fingerprint density at radius 2 is 1.77 bits per heavy atom. The van der Waals surface area contributed by atoms with E-state index in [1.807, 2.05) is 12.1 Å². The van der Waals surface area contributed by atoms with Gasteiger partial charge in [-0.2, -0.15) is 0 Å². The van der Waals surface area contributed by atoms with Crippen LogP contribution in [0, 0.1) is 13.8 Å². The molecule has 0 spiro atoms. The SMILES string of the molecule is Cc1cc(C(=O)NC[C@@H](O)[C@@H](O)[C@@H]2O[C@@](C/C=C/c3cccc(CNC(=O)C4CCCO4)c3)(C(=O)O)C[C@H](O)[C@H]2NC(=O)Cn2cc(C3CCCCC3)nn2)cc(C)c1O. The number of aliphatic carboxylic acids is 1. The van der Waals surface area contributed by atoms with Crippen molar-refractivity contribution in [3.63, 3.8) is 0 Å². The van der Waals surface area contributed by atoms with E-state index in [0.29, 0.717) is 29.7 Å². The number of hydrogen-bond donors (Lipinski definition) is 8. The molecule has 17 nitrogen and oxygen atoms in total. The number of aryl methyl sites for hydroxylation is 2. The van der Waals surface area contributed by atoms with Gasteiger partial charge in [0, 0.05) is 50.2 Å². The number of carboxylic acid groups (broad SMARTS) is 1. The average molecular weight is 833 g/mol. The summed E-state index contributed by atoms with van der Waals surface area (Å²) in [6.07, 6.45) is 3.60. The number of aromatic nitrogens is 3. The molecule has 1 saturated carbocycles. The molecule has 0 bridgehead atoms. The average Bonchev–Trinajstić information content (AvgIpc) is 3.95. The topological polar surface area (TPSA) is 255 Å². The minimum Gasteiger partial charge on any atom is -0.507 e. The lowest BCUT2D eigenvalue weighted by Gasteiger charge is -2.47. The number of aromatic hydroxyl groups is 1. The van der Waals surface area contributed by atoms with Gasteiger partial charge in [0.05, 0.1) is 23.9 Å². The number of amides is 3. The van der Waals surface area contributed by atoms with Gasteiger partial charge >= 0.3 is 5.97 Å². The number of carbonyl (C=O) groups is 4. The molecule has 2 aliphatic heterocycles. The largest absolute Gasteiger partial charge is 0.507 e. The maximum Gasteiger partial charge on any atom is 0.336 e. The van der Waals surface area contributed by atoms with Crippen molar-refractivity contribution in [1.29, 1.82) is 0 Å². The first-order valence-electron chi connectivity index (χ1n) is 20.6. The van der Waals surface area contributed by atoms with Crippen LogP contribution >= 0.6 is 0 Å². The van der Waals surface area contributed by atoms with Gasteiger partial charge in [0.15, 0.2) is 5.60 Å². The molecule has 2 saturated heterocycles. The fraction of sp³-hybridized carbons (Fsp3) is 0.535.